The van der Waals surface area contributed by atoms with Crippen LogP contribution in [0.15, 0.2) is 0 Å². The minimum atomic E-state index is 0.610. The molecule has 2 saturated carbocycles. The summed E-state index contributed by atoms with van der Waals surface area (Å²) >= 11 is 0. The highest BCUT2D eigenvalue weighted by Gasteiger charge is 2.27. The lowest BCUT2D eigenvalue weighted by Gasteiger charge is -2.36. The zero-order chi connectivity index (χ0) is 12.3. The van der Waals surface area contributed by atoms with Gasteiger partial charge in [0.15, 0.2) is 0 Å². The van der Waals surface area contributed by atoms with Gasteiger partial charge in [-0.25, -0.2) is 0 Å². The first-order valence-corrected chi connectivity index (χ1v) is 7.78. The van der Waals surface area contributed by atoms with Gasteiger partial charge in [0.05, 0.1) is 0 Å². The summed E-state index contributed by atoms with van der Waals surface area (Å²) in [6.45, 7) is 8.54. The second kappa shape index (κ2) is 5.73. The summed E-state index contributed by atoms with van der Waals surface area (Å²) in [5.41, 5.74) is 0.610. The third-order valence-corrected chi connectivity index (χ3v) is 5.17. The van der Waals surface area contributed by atoms with Crippen LogP contribution in [0.25, 0.3) is 0 Å². The predicted molar refractivity (Wildman–Crippen MR) is 75.2 cm³/mol. The molecule has 2 aliphatic carbocycles. The van der Waals surface area contributed by atoms with Crippen molar-refractivity contribution in [1.82, 2.24) is 5.32 Å². The van der Waals surface area contributed by atoms with E-state index < -0.39 is 0 Å². The van der Waals surface area contributed by atoms with Gasteiger partial charge in [-0.2, -0.15) is 0 Å². The molecule has 0 spiro atoms. The van der Waals surface area contributed by atoms with Gasteiger partial charge in [0.1, 0.15) is 0 Å². The SMILES string of the molecule is CC1CCC(CNC2CCC(C)(C)CC2)CC1. The first kappa shape index (κ1) is 13.4. The van der Waals surface area contributed by atoms with Crippen LogP contribution in [0.3, 0.4) is 0 Å². The molecule has 0 heterocycles. The zero-order valence-electron chi connectivity index (χ0n) is 12.1. The lowest BCUT2D eigenvalue weighted by molar-refractivity contribution is 0.195. The third-order valence-electron chi connectivity index (χ3n) is 5.17. The smallest absolute Gasteiger partial charge is 0.00675 e. The molecule has 0 aromatic heterocycles. The Morgan fingerprint density at radius 2 is 1.53 bits per heavy atom. The Hall–Kier alpha value is -0.0400. The zero-order valence-corrected chi connectivity index (χ0v) is 12.1. The van der Waals surface area contributed by atoms with Crippen molar-refractivity contribution < 1.29 is 0 Å². The molecule has 0 bridgehead atoms. The Labute approximate surface area is 108 Å². The molecule has 0 unspecified atom stereocenters. The fraction of sp³-hybridized carbons (Fsp3) is 1.00. The highest BCUT2D eigenvalue weighted by molar-refractivity contribution is 4.83. The summed E-state index contributed by atoms with van der Waals surface area (Å²) in [5, 5.41) is 3.84. The predicted octanol–water partition coefficient (Wildman–Crippen LogP) is 4.37. The van der Waals surface area contributed by atoms with Gasteiger partial charge in [0.25, 0.3) is 0 Å². The molecule has 1 heteroatoms. The molecular formula is C16H31N. The standard InChI is InChI=1S/C16H31N/c1-13-4-6-14(7-5-13)12-17-15-8-10-16(2,3)11-9-15/h13-15,17H,4-12H2,1-3H3. The van der Waals surface area contributed by atoms with Crippen molar-refractivity contribution in [2.75, 3.05) is 6.54 Å². The van der Waals surface area contributed by atoms with Crippen LogP contribution in [0.1, 0.15) is 72.1 Å². The molecule has 1 N–H and O–H groups in total. The molecule has 0 aromatic carbocycles. The van der Waals surface area contributed by atoms with E-state index in [1.54, 1.807) is 0 Å². The third kappa shape index (κ3) is 4.28. The maximum absolute atomic E-state index is 3.84. The second-order valence-corrected chi connectivity index (χ2v) is 7.47. The fourth-order valence-electron chi connectivity index (χ4n) is 3.47. The van der Waals surface area contributed by atoms with E-state index in [2.05, 4.69) is 26.1 Å². The Kier molecular flexibility index (Phi) is 4.52. The molecule has 1 nitrogen and oxygen atoms in total. The van der Waals surface area contributed by atoms with Crippen molar-refractivity contribution in [3.05, 3.63) is 0 Å². The van der Waals surface area contributed by atoms with Crippen LogP contribution >= 0.6 is 0 Å². The Morgan fingerprint density at radius 1 is 0.941 bits per heavy atom. The van der Waals surface area contributed by atoms with Gasteiger partial charge in [-0.3, -0.25) is 0 Å². The van der Waals surface area contributed by atoms with Crippen molar-refractivity contribution in [3.63, 3.8) is 0 Å². The van der Waals surface area contributed by atoms with Gasteiger partial charge < -0.3 is 5.32 Å². The first-order valence-electron chi connectivity index (χ1n) is 7.78. The van der Waals surface area contributed by atoms with Crippen LogP contribution in [0.2, 0.25) is 0 Å². The molecule has 0 aliphatic heterocycles. The van der Waals surface area contributed by atoms with Gasteiger partial charge in [-0.05, 0) is 62.3 Å². The Balaban J connectivity index is 1.63. The van der Waals surface area contributed by atoms with E-state index in [-0.39, 0.29) is 0 Å². The van der Waals surface area contributed by atoms with Gasteiger partial charge in [-0.15, -0.1) is 0 Å². The first-order chi connectivity index (χ1) is 8.05. The maximum Gasteiger partial charge on any atom is 0.00675 e. The molecule has 0 saturated heterocycles. The highest BCUT2D eigenvalue weighted by atomic mass is 14.9. The number of hydrogen-bond acceptors (Lipinski definition) is 1. The average molecular weight is 237 g/mol. The van der Waals surface area contributed by atoms with Crippen LogP contribution in [-0.4, -0.2) is 12.6 Å². The molecule has 17 heavy (non-hydrogen) atoms. The van der Waals surface area contributed by atoms with Crippen molar-refractivity contribution in [1.29, 1.82) is 0 Å². The number of nitrogens with one attached hydrogen (secondary N) is 1. The monoisotopic (exact) mass is 237 g/mol. The van der Waals surface area contributed by atoms with Gasteiger partial charge in [0.2, 0.25) is 0 Å². The molecule has 0 radical (unpaired) electrons. The molecule has 100 valence electrons. The molecule has 2 rings (SSSR count). The topological polar surface area (TPSA) is 12.0 Å². The normalized spacial score (nSPS) is 34.8. The van der Waals surface area contributed by atoms with Crippen molar-refractivity contribution >= 4 is 0 Å². The van der Waals surface area contributed by atoms with E-state index in [0.29, 0.717) is 5.41 Å². The van der Waals surface area contributed by atoms with Crippen molar-refractivity contribution in [3.8, 4) is 0 Å². The van der Waals surface area contributed by atoms with E-state index in [1.165, 1.54) is 57.9 Å². The number of hydrogen-bond donors (Lipinski definition) is 1. The van der Waals surface area contributed by atoms with Gasteiger partial charge in [-0.1, -0.05) is 33.6 Å². The van der Waals surface area contributed by atoms with Crippen molar-refractivity contribution in [2.45, 2.75) is 78.2 Å². The lowest BCUT2D eigenvalue weighted by Crippen LogP contribution is -2.38. The summed E-state index contributed by atoms with van der Waals surface area (Å²) < 4.78 is 0. The van der Waals surface area contributed by atoms with Crippen LogP contribution in [0.4, 0.5) is 0 Å². The lowest BCUT2D eigenvalue weighted by atomic mass is 9.75. The Morgan fingerprint density at radius 3 is 2.12 bits per heavy atom. The molecular weight excluding hydrogens is 206 g/mol. The van der Waals surface area contributed by atoms with E-state index in [0.717, 1.165) is 17.9 Å². The Bertz CT molecular complexity index is 216. The van der Waals surface area contributed by atoms with Crippen LogP contribution < -0.4 is 5.32 Å². The minimum absolute atomic E-state index is 0.610. The average Bonchev–Trinajstić information content (AvgIpc) is 2.30. The molecule has 2 fully saturated rings. The minimum Gasteiger partial charge on any atom is -0.314 e. The van der Waals surface area contributed by atoms with E-state index in [1.807, 2.05) is 0 Å². The highest BCUT2D eigenvalue weighted by Crippen LogP contribution is 2.35. The summed E-state index contributed by atoms with van der Waals surface area (Å²) in [7, 11) is 0. The molecule has 0 atom stereocenters. The van der Waals surface area contributed by atoms with Gasteiger partial charge >= 0.3 is 0 Å². The van der Waals surface area contributed by atoms with Gasteiger partial charge in [0, 0.05) is 6.04 Å². The van der Waals surface area contributed by atoms with Crippen LogP contribution in [-0.2, 0) is 0 Å². The quantitative estimate of drug-likeness (QED) is 0.768. The molecule has 0 amide bonds. The second-order valence-electron chi connectivity index (χ2n) is 7.47. The molecule has 2 aliphatic rings. The summed E-state index contributed by atoms with van der Waals surface area (Å²) in [6.07, 6.45) is 11.5. The number of rotatable bonds is 3. The van der Waals surface area contributed by atoms with Crippen molar-refractivity contribution in [2.24, 2.45) is 17.3 Å². The van der Waals surface area contributed by atoms with Crippen LogP contribution in [0, 0.1) is 17.3 Å². The van der Waals surface area contributed by atoms with E-state index >= 15 is 0 Å². The van der Waals surface area contributed by atoms with Crippen LogP contribution in [0.5, 0.6) is 0 Å². The maximum atomic E-state index is 3.84. The van der Waals surface area contributed by atoms with E-state index in [9.17, 15) is 0 Å². The summed E-state index contributed by atoms with van der Waals surface area (Å²) in [5.74, 6) is 1.96. The fourth-order valence-corrected chi connectivity index (χ4v) is 3.47. The largest absolute Gasteiger partial charge is 0.314 e. The summed E-state index contributed by atoms with van der Waals surface area (Å²) in [6, 6.07) is 0.822. The molecule has 0 aromatic rings. The summed E-state index contributed by atoms with van der Waals surface area (Å²) in [4.78, 5) is 0. The van der Waals surface area contributed by atoms with E-state index in [4.69, 9.17) is 0 Å².